The highest BCUT2D eigenvalue weighted by Crippen LogP contribution is 2.31. The van der Waals surface area contributed by atoms with Gasteiger partial charge in [0.05, 0.1) is 12.2 Å². The minimum Gasteiger partial charge on any atom is -0.348 e. The summed E-state index contributed by atoms with van der Waals surface area (Å²) in [7, 11) is 0. The number of piperidine rings is 1. The van der Waals surface area contributed by atoms with Crippen LogP contribution in [0.15, 0.2) is 69.4 Å². The van der Waals surface area contributed by atoms with Gasteiger partial charge in [0.15, 0.2) is 5.13 Å². The zero-order valence-corrected chi connectivity index (χ0v) is 18.4. The number of halogens is 1. The predicted octanol–water partition coefficient (Wildman–Crippen LogP) is 6.45. The number of hydrogen-bond donors (Lipinski definition) is 0. The summed E-state index contributed by atoms with van der Waals surface area (Å²) in [5.41, 5.74) is 4.81. The Kier molecular flexibility index (Phi) is 6.23. The van der Waals surface area contributed by atoms with E-state index in [1.54, 1.807) is 11.3 Å². The Hall–Kier alpha value is -1.98. The van der Waals surface area contributed by atoms with Gasteiger partial charge in [0.25, 0.3) is 0 Å². The lowest BCUT2D eigenvalue weighted by atomic mass is 9.93. The molecule has 1 aliphatic heterocycles. The summed E-state index contributed by atoms with van der Waals surface area (Å²) in [5.74, 6) is 0.589. The summed E-state index contributed by atoms with van der Waals surface area (Å²) in [6.07, 6.45) is 2.30. The van der Waals surface area contributed by atoms with Gasteiger partial charge in [0.1, 0.15) is 0 Å². The quantitative estimate of drug-likeness (QED) is 0.415. The van der Waals surface area contributed by atoms with Crippen LogP contribution in [0.25, 0.3) is 11.3 Å². The van der Waals surface area contributed by atoms with Crippen LogP contribution in [-0.2, 0) is 6.54 Å². The molecule has 5 heteroatoms. The van der Waals surface area contributed by atoms with Crippen molar-refractivity contribution in [3.63, 3.8) is 0 Å². The Bertz CT molecular complexity index is 926. The average Bonchev–Trinajstić information content (AvgIpc) is 3.24. The lowest BCUT2D eigenvalue weighted by molar-refractivity contribution is 0.499. The van der Waals surface area contributed by atoms with Gasteiger partial charge >= 0.3 is 0 Å². The second-order valence-electron chi connectivity index (χ2n) is 7.23. The van der Waals surface area contributed by atoms with E-state index in [4.69, 9.17) is 9.98 Å². The number of aromatic nitrogens is 1. The van der Waals surface area contributed by atoms with Gasteiger partial charge in [-0.05, 0) is 43.4 Å². The third-order valence-electron chi connectivity index (χ3n) is 5.34. The van der Waals surface area contributed by atoms with Crippen LogP contribution in [0.1, 0.15) is 25.3 Å². The van der Waals surface area contributed by atoms with Crippen molar-refractivity contribution < 1.29 is 0 Å². The first-order valence-corrected chi connectivity index (χ1v) is 11.4. The molecule has 1 fully saturated rings. The van der Waals surface area contributed by atoms with Gasteiger partial charge in [-0.15, -0.1) is 11.3 Å². The fourth-order valence-corrected chi connectivity index (χ4v) is 4.73. The second kappa shape index (κ2) is 9.01. The third kappa shape index (κ3) is 4.70. The van der Waals surface area contributed by atoms with Crippen molar-refractivity contribution in [2.75, 3.05) is 18.0 Å². The summed E-state index contributed by atoms with van der Waals surface area (Å²) in [4.78, 5) is 12.2. The fourth-order valence-electron chi connectivity index (χ4n) is 3.58. The molecule has 1 saturated heterocycles. The van der Waals surface area contributed by atoms with Gasteiger partial charge < -0.3 is 4.90 Å². The molecule has 1 aliphatic rings. The summed E-state index contributed by atoms with van der Waals surface area (Å²) in [6, 6.07) is 18.9. The van der Waals surface area contributed by atoms with Gasteiger partial charge in [-0.1, -0.05) is 58.4 Å². The minimum atomic E-state index is 0.589. The topological polar surface area (TPSA) is 28.5 Å². The summed E-state index contributed by atoms with van der Waals surface area (Å²) < 4.78 is 1.10. The van der Waals surface area contributed by atoms with Crippen molar-refractivity contribution in [2.45, 2.75) is 26.3 Å². The van der Waals surface area contributed by atoms with Crippen molar-refractivity contribution in [1.29, 1.82) is 0 Å². The van der Waals surface area contributed by atoms with Crippen LogP contribution in [0.5, 0.6) is 0 Å². The Morgan fingerprint density at radius 2 is 1.82 bits per heavy atom. The van der Waals surface area contributed by atoms with E-state index in [0.29, 0.717) is 5.92 Å². The molecule has 1 aromatic heterocycles. The van der Waals surface area contributed by atoms with E-state index in [1.807, 2.05) is 0 Å². The third-order valence-corrected chi connectivity index (χ3v) is 6.77. The van der Waals surface area contributed by atoms with Crippen molar-refractivity contribution in [3.05, 3.63) is 70.0 Å². The number of thiazole rings is 1. The molecular formula is C23H24BrN3S. The van der Waals surface area contributed by atoms with E-state index >= 15 is 0 Å². The maximum absolute atomic E-state index is 4.88. The zero-order valence-electron chi connectivity index (χ0n) is 16.0. The van der Waals surface area contributed by atoms with Crippen molar-refractivity contribution >= 4 is 38.1 Å². The first kappa shape index (κ1) is 19.3. The molecule has 4 rings (SSSR count). The first-order chi connectivity index (χ1) is 13.7. The lowest BCUT2D eigenvalue weighted by Gasteiger charge is -2.31. The number of rotatable bonds is 5. The number of anilines is 1. The molecule has 144 valence electrons. The Morgan fingerprint density at radius 3 is 2.54 bits per heavy atom. The number of benzene rings is 2. The normalized spacial score (nSPS) is 15.8. The second-order valence-corrected chi connectivity index (χ2v) is 8.98. The van der Waals surface area contributed by atoms with Crippen LogP contribution < -0.4 is 4.90 Å². The molecule has 0 bridgehead atoms. The molecule has 0 N–H and O–H groups in total. The molecule has 2 heterocycles. The molecule has 0 spiro atoms. The molecule has 0 amide bonds. The van der Waals surface area contributed by atoms with Gasteiger partial charge in [0, 0.05) is 34.2 Å². The van der Waals surface area contributed by atoms with Crippen LogP contribution in [0.2, 0.25) is 0 Å². The van der Waals surface area contributed by atoms with Crippen LogP contribution >= 0.6 is 27.3 Å². The molecule has 3 aromatic rings. The smallest absolute Gasteiger partial charge is 0.185 e. The Morgan fingerprint density at radius 1 is 1.11 bits per heavy atom. The Labute approximate surface area is 179 Å². The number of hydrogen-bond acceptors (Lipinski definition) is 4. The highest BCUT2D eigenvalue weighted by molar-refractivity contribution is 9.10. The maximum Gasteiger partial charge on any atom is 0.185 e. The molecule has 0 saturated carbocycles. The van der Waals surface area contributed by atoms with E-state index in [0.717, 1.165) is 47.8 Å². The van der Waals surface area contributed by atoms with Crippen LogP contribution in [0.4, 0.5) is 5.13 Å². The monoisotopic (exact) mass is 453 g/mol. The van der Waals surface area contributed by atoms with Gasteiger partial charge in [-0.25, -0.2) is 4.98 Å². The SMILES string of the molecule is CC(=NCc1ccccc1)C1CCN(c2nc(-c3ccc(Br)cc3)cs2)CC1. The molecule has 0 unspecified atom stereocenters. The molecule has 0 aliphatic carbocycles. The van der Waals surface area contributed by atoms with Gasteiger partial charge in [-0.3, -0.25) is 4.99 Å². The molecule has 0 radical (unpaired) electrons. The van der Waals surface area contributed by atoms with Gasteiger partial charge in [-0.2, -0.15) is 0 Å². The van der Waals surface area contributed by atoms with Crippen LogP contribution in [0, 0.1) is 5.92 Å². The van der Waals surface area contributed by atoms with Crippen LogP contribution in [0.3, 0.4) is 0 Å². The zero-order chi connectivity index (χ0) is 19.3. The Balaban J connectivity index is 1.34. The number of aliphatic imine (C=N–C) groups is 1. The number of nitrogens with zero attached hydrogens (tertiary/aromatic N) is 3. The van der Waals surface area contributed by atoms with E-state index in [-0.39, 0.29) is 0 Å². The highest BCUT2D eigenvalue weighted by atomic mass is 79.9. The molecule has 3 nitrogen and oxygen atoms in total. The maximum atomic E-state index is 4.88. The van der Waals surface area contributed by atoms with E-state index in [2.05, 4.69) is 87.7 Å². The van der Waals surface area contributed by atoms with E-state index < -0.39 is 0 Å². The summed E-state index contributed by atoms with van der Waals surface area (Å²) >= 11 is 5.24. The highest BCUT2D eigenvalue weighted by Gasteiger charge is 2.23. The molecule has 28 heavy (non-hydrogen) atoms. The average molecular weight is 454 g/mol. The minimum absolute atomic E-state index is 0.589. The fraction of sp³-hybridized carbons (Fsp3) is 0.304. The van der Waals surface area contributed by atoms with Gasteiger partial charge in [0.2, 0.25) is 0 Å². The van der Waals surface area contributed by atoms with Crippen molar-refractivity contribution in [3.8, 4) is 11.3 Å². The molecular weight excluding hydrogens is 430 g/mol. The summed E-state index contributed by atoms with van der Waals surface area (Å²) in [6.45, 7) is 5.08. The molecule has 2 aromatic carbocycles. The summed E-state index contributed by atoms with van der Waals surface area (Å²) in [5, 5.41) is 3.30. The van der Waals surface area contributed by atoms with E-state index in [1.165, 1.54) is 16.8 Å². The molecule has 0 atom stereocenters. The van der Waals surface area contributed by atoms with Crippen molar-refractivity contribution in [1.82, 2.24) is 4.98 Å². The largest absolute Gasteiger partial charge is 0.348 e. The lowest BCUT2D eigenvalue weighted by Crippen LogP contribution is -2.35. The first-order valence-electron chi connectivity index (χ1n) is 9.70. The standard InChI is InChI=1S/C23H24BrN3S/c1-17(25-15-18-5-3-2-4-6-18)19-11-13-27(14-12-19)23-26-22(16-28-23)20-7-9-21(24)10-8-20/h2-10,16,19H,11-15H2,1H3. The van der Waals surface area contributed by atoms with Crippen molar-refractivity contribution in [2.24, 2.45) is 10.9 Å². The van der Waals surface area contributed by atoms with Crippen LogP contribution in [-0.4, -0.2) is 23.8 Å². The van der Waals surface area contributed by atoms with E-state index in [9.17, 15) is 0 Å². The predicted molar refractivity (Wildman–Crippen MR) is 123 cm³/mol.